The van der Waals surface area contributed by atoms with Gasteiger partial charge in [-0.05, 0) is 12.1 Å². The van der Waals surface area contributed by atoms with Crippen molar-refractivity contribution < 1.29 is 13.2 Å². The highest BCUT2D eigenvalue weighted by atomic mass is 32.2. The minimum absolute atomic E-state index is 0.00199. The van der Waals surface area contributed by atoms with Gasteiger partial charge >= 0.3 is 0 Å². The van der Waals surface area contributed by atoms with Gasteiger partial charge in [0.1, 0.15) is 16.7 Å². The summed E-state index contributed by atoms with van der Waals surface area (Å²) >= 11 is 0. The van der Waals surface area contributed by atoms with E-state index >= 15 is 0 Å². The van der Waals surface area contributed by atoms with Gasteiger partial charge in [-0.2, -0.15) is 5.26 Å². The van der Waals surface area contributed by atoms with Crippen molar-refractivity contribution in [1.29, 1.82) is 5.26 Å². The first-order chi connectivity index (χ1) is 8.49. The third-order valence-electron chi connectivity index (χ3n) is 2.08. The van der Waals surface area contributed by atoms with E-state index in [-0.39, 0.29) is 29.5 Å². The maximum atomic E-state index is 11.7. The molecule has 0 bridgehead atoms. The molecule has 0 spiro atoms. The SMILES string of the molecule is CNC(=O)CCNS(=O)(=O)c1ccc(C#N)nc1. The Morgan fingerprint density at radius 3 is 2.72 bits per heavy atom. The van der Waals surface area contributed by atoms with Gasteiger partial charge in [-0.1, -0.05) is 0 Å². The molecule has 1 aromatic rings. The second kappa shape index (κ2) is 6.09. The Bertz CT molecular complexity index is 560. The van der Waals surface area contributed by atoms with Gasteiger partial charge in [0.25, 0.3) is 0 Å². The molecule has 96 valence electrons. The summed E-state index contributed by atoms with van der Waals surface area (Å²) in [6.07, 6.45) is 1.15. The first-order valence-electron chi connectivity index (χ1n) is 5.06. The molecular formula is C10H12N4O3S. The smallest absolute Gasteiger partial charge is 0.242 e. The lowest BCUT2D eigenvalue weighted by Crippen LogP contribution is -2.29. The number of carbonyl (C=O) groups is 1. The van der Waals surface area contributed by atoms with E-state index in [1.165, 1.54) is 19.2 Å². The van der Waals surface area contributed by atoms with Crippen LogP contribution >= 0.6 is 0 Å². The minimum Gasteiger partial charge on any atom is -0.359 e. The summed E-state index contributed by atoms with van der Waals surface area (Å²) in [6, 6.07) is 4.39. The maximum absolute atomic E-state index is 11.7. The molecule has 0 unspecified atom stereocenters. The van der Waals surface area contributed by atoms with Crippen LogP contribution in [0.25, 0.3) is 0 Å². The van der Waals surface area contributed by atoms with Crippen LogP contribution in [0, 0.1) is 11.3 Å². The number of nitriles is 1. The van der Waals surface area contributed by atoms with Gasteiger partial charge < -0.3 is 5.32 Å². The summed E-state index contributed by atoms with van der Waals surface area (Å²) in [7, 11) is -2.22. The predicted molar refractivity (Wildman–Crippen MR) is 62.8 cm³/mol. The second-order valence-electron chi connectivity index (χ2n) is 3.31. The molecule has 0 aromatic carbocycles. The molecule has 1 aromatic heterocycles. The zero-order valence-electron chi connectivity index (χ0n) is 9.67. The summed E-state index contributed by atoms with van der Waals surface area (Å²) < 4.78 is 25.7. The second-order valence-corrected chi connectivity index (χ2v) is 5.08. The van der Waals surface area contributed by atoms with Crippen LogP contribution in [0.5, 0.6) is 0 Å². The van der Waals surface area contributed by atoms with E-state index in [4.69, 9.17) is 5.26 Å². The standard InChI is InChI=1S/C10H12N4O3S/c1-12-10(15)4-5-14-18(16,17)9-3-2-8(6-11)13-7-9/h2-3,7,14H,4-5H2,1H3,(H,12,15). The molecule has 0 saturated heterocycles. The fourth-order valence-corrected chi connectivity index (χ4v) is 2.09. The summed E-state index contributed by atoms with van der Waals surface area (Å²) in [4.78, 5) is 14.5. The Kier molecular flexibility index (Phi) is 4.76. The van der Waals surface area contributed by atoms with Gasteiger partial charge in [-0.15, -0.1) is 0 Å². The van der Waals surface area contributed by atoms with Crippen LogP contribution in [0.3, 0.4) is 0 Å². The monoisotopic (exact) mass is 268 g/mol. The van der Waals surface area contributed by atoms with E-state index in [1.807, 2.05) is 0 Å². The lowest BCUT2D eigenvalue weighted by Gasteiger charge is -2.05. The number of rotatable bonds is 5. The third kappa shape index (κ3) is 3.80. The minimum atomic E-state index is -3.69. The summed E-state index contributed by atoms with van der Waals surface area (Å²) in [5.41, 5.74) is 0.138. The van der Waals surface area contributed by atoms with Gasteiger partial charge in [-0.3, -0.25) is 4.79 Å². The average molecular weight is 268 g/mol. The van der Waals surface area contributed by atoms with Crippen molar-refractivity contribution in [3.05, 3.63) is 24.0 Å². The molecule has 18 heavy (non-hydrogen) atoms. The molecule has 0 aliphatic carbocycles. The van der Waals surface area contributed by atoms with Crippen molar-refractivity contribution in [1.82, 2.24) is 15.0 Å². The lowest BCUT2D eigenvalue weighted by atomic mass is 10.4. The van der Waals surface area contributed by atoms with Crippen molar-refractivity contribution in [2.75, 3.05) is 13.6 Å². The number of nitrogens with zero attached hydrogens (tertiary/aromatic N) is 2. The lowest BCUT2D eigenvalue weighted by molar-refractivity contribution is -0.120. The molecule has 0 atom stereocenters. The molecule has 7 nitrogen and oxygen atoms in total. The number of pyridine rings is 1. The van der Waals surface area contributed by atoms with E-state index in [0.29, 0.717) is 0 Å². The zero-order chi connectivity index (χ0) is 13.6. The largest absolute Gasteiger partial charge is 0.359 e. The predicted octanol–water partition coefficient (Wildman–Crippen LogP) is -0.632. The van der Waals surface area contributed by atoms with Crippen molar-refractivity contribution in [3.63, 3.8) is 0 Å². The fourth-order valence-electron chi connectivity index (χ4n) is 1.11. The zero-order valence-corrected chi connectivity index (χ0v) is 10.5. The maximum Gasteiger partial charge on any atom is 0.242 e. The highest BCUT2D eigenvalue weighted by Crippen LogP contribution is 2.07. The highest BCUT2D eigenvalue weighted by molar-refractivity contribution is 7.89. The van der Waals surface area contributed by atoms with Crippen molar-refractivity contribution >= 4 is 15.9 Å². The van der Waals surface area contributed by atoms with Crippen LogP contribution in [-0.2, 0) is 14.8 Å². The van der Waals surface area contributed by atoms with Crippen molar-refractivity contribution in [2.45, 2.75) is 11.3 Å². The van der Waals surface area contributed by atoms with Crippen LogP contribution in [0.1, 0.15) is 12.1 Å². The first kappa shape index (κ1) is 14.1. The number of aromatic nitrogens is 1. The summed E-state index contributed by atoms with van der Waals surface area (Å²) in [6.45, 7) is 0.00199. The van der Waals surface area contributed by atoms with E-state index < -0.39 is 10.0 Å². The molecule has 2 N–H and O–H groups in total. The van der Waals surface area contributed by atoms with Crippen LogP contribution in [0.2, 0.25) is 0 Å². The first-order valence-corrected chi connectivity index (χ1v) is 6.54. The molecule has 1 amide bonds. The summed E-state index contributed by atoms with van der Waals surface area (Å²) in [5.74, 6) is -0.254. The van der Waals surface area contributed by atoms with E-state index in [0.717, 1.165) is 6.20 Å². The number of sulfonamides is 1. The summed E-state index contributed by atoms with van der Waals surface area (Å²) in [5, 5.41) is 10.9. The van der Waals surface area contributed by atoms with E-state index in [2.05, 4.69) is 15.0 Å². The third-order valence-corrected chi connectivity index (χ3v) is 3.53. The normalized spacial score (nSPS) is 10.7. The molecular weight excluding hydrogens is 256 g/mol. The Balaban J connectivity index is 2.68. The fraction of sp³-hybridized carbons (Fsp3) is 0.300. The molecule has 1 rings (SSSR count). The van der Waals surface area contributed by atoms with Crippen LogP contribution in [-0.4, -0.2) is 32.9 Å². The number of hydrogen-bond donors (Lipinski definition) is 2. The van der Waals surface area contributed by atoms with Gasteiger partial charge in [0, 0.05) is 26.2 Å². The number of amides is 1. The topological polar surface area (TPSA) is 112 Å². The van der Waals surface area contributed by atoms with Crippen molar-refractivity contribution in [3.8, 4) is 6.07 Å². The van der Waals surface area contributed by atoms with Crippen LogP contribution < -0.4 is 10.0 Å². The number of nitrogens with one attached hydrogen (secondary N) is 2. The van der Waals surface area contributed by atoms with Gasteiger partial charge in [-0.25, -0.2) is 18.1 Å². The molecule has 1 heterocycles. The molecule has 8 heteroatoms. The average Bonchev–Trinajstić information content (AvgIpc) is 2.38. The molecule has 0 saturated carbocycles. The van der Waals surface area contributed by atoms with Crippen LogP contribution in [0.15, 0.2) is 23.2 Å². The molecule has 0 aliphatic heterocycles. The Morgan fingerprint density at radius 2 is 2.22 bits per heavy atom. The van der Waals surface area contributed by atoms with Gasteiger partial charge in [0.2, 0.25) is 15.9 Å². The highest BCUT2D eigenvalue weighted by Gasteiger charge is 2.14. The number of carbonyl (C=O) groups excluding carboxylic acids is 1. The Hall–Kier alpha value is -1.98. The number of hydrogen-bond acceptors (Lipinski definition) is 5. The Morgan fingerprint density at radius 1 is 1.50 bits per heavy atom. The van der Waals surface area contributed by atoms with E-state index in [9.17, 15) is 13.2 Å². The van der Waals surface area contributed by atoms with Crippen LogP contribution in [0.4, 0.5) is 0 Å². The van der Waals surface area contributed by atoms with Gasteiger partial charge in [0.05, 0.1) is 0 Å². The quantitative estimate of drug-likeness (QED) is 0.738. The van der Waals surface area contributed by atoms with E-state index in [1.54, 1.807) is 6.07 Å². The van der Waals surface area contributed by atoms with Gasteiger partial charge in [0.15, 0.2) is 0 Å². The molecule has 0 aliphatic rings. The molecule has 0 fully saturated rings. The molecule has 0 radical (unpaired) electrons. The van der Waals surface area contributed by atoms with Crippen molar-refractivity contribution in [2.24, 2.45) is 0 Å². The Labute approximate surface area is 105 Å².